The normalized spacial score (nSPS) is 14.4. The van der Waals surface area contributed by atoms with Gasteiger partial charge >= 0.3 is 0 Å². The number of hydrogen-bond donors (Lipinski definition) is 0. The van der Waals surface area contributed by atoms with E-state index in [4.69, 9.17) is 4.74 Å². The number of aromatic nitrogens is 1. The average Bonchev–Trinajstić information content (AvgIpc) is 2.83. The van der Waals surface area contributed by atoms with Crippen molar-refractivity contribution in [1.29, 1.82) is 0 Å². The molecule has 0 amide bonds. The summed E-state index contributed by atoms with van der Waals surface area (Å²) in [5.74, 6) is 0.959. The van der Waals surface area contributed by atoms with Crippen LogP contribution < -0.4 is 4.74 Å². The fourth-order valence-corrected chi connectivity index (χ4v) is 3.32. The summed E-state index contributed by atoms with van der Waals surface area (Å²) in [6, 6.07) is 12.4. The molecule has 1 aromatic heterocycles. The van der Waals surface area contributed by atoms with E-state index in [1.807, 2.05) is 12.1 Å². The Labute approximate surface area is 123 Å². The summed E-state index contributed by atoms with van der Waals surface area (Å²) in [6.07, 6.45) is 1.55. The van der Waals surface area contributed by atoms with Crippen LogP contribution in [-0.2, 0) is 6.54 Å². The van der Waals surface area contributed by atoms with Crippen LogP contribution in [0.25, 0.3) is 21.8 Å². The van der Waals surface area contributed by atoms with Gasteiger partial charge in [-0.25, -0.2) is 0 Å². The van der Waals surface area contributed by atoms with Crippen molar-refractivity contribution < 1.29 is 9.53 Å². The first-order valence-corrected chi connectivity index (χ1v) is 7.51. The summed E-state index contributed by atoms with van der Waals surface area (Å²) < 4.78 is 8.20. The first-order chi connectivity index (χ1) is 10.3. The quantitative estimate of drug-likeness (QED) is 0.705. The van der Waals surface area contributed by atoms with Crippen molar-refractivity contribution in [2.75, 3.05) is 6.61 Å². The topological polar surface area (TPSA) is 31.2 Å². The molecular weight excluding hydrogens is 262 g/mol. The number of nitrogens with zero attached hydrogens (tertiary/aromatic N) is 1. The van der Waals surface area contributed by atoms with Gasteiger partial charge in [0.1, 0.15) is 5.75 Å². The van der Waals surface area contributed by atoms with Crippen molar-refractivity contribution in [2.24, 2.45) is 0 Å². The third-order valence-corrected chi connectivity index (χ3v) is 4.21. The zero-order valence-corrected chi connectivity index (χ0v) is 12.1. The van der Waals surface area contributed by atoms with Crippen LogP contribution in [0.1, 0.15) is 30.1 Å². The molecule has 0 atom stereocenters. The molecule has 0 aliphatic carbocycles. The zero-order chi connectivity index (χ0) is 14.4. The van der Waals surface area contributed by atoms with Crippen molar-refractivity contribution in [1.82, 2.24) is 4.57 Å². The second kappa shape index (κ2) is 4.62. The Bertz CT molecular complexity index is 860. The first kappa shape index (κ1) is 12.5. The molecule has 0 saturated carbocycles. The largest absolute Gasteiger partial charge is 0.492 e. The van der Waals surface area contributed by atoms with Crippen LogP contribution in [0.2, 0.25) is 0 Å². The van der Waals surface area contributed by atoms with E-state index in [9.17, 15) is 4.79 Å². The highest BCUT2D eigenvalue weighted by Crippen LogP contribution is 2.40. The molecule has 106 valence electrons. The Hall–Kier alpha value is -2.29. The first-order valence-electron chi connectivity index (χ1n) is 7.51. The van der Waals surface area contributed by atoms with Crippen LogP contribution in [0.5, 0.6) is 5.75 Å². The lowest BCUT2D eigenvalue weighted by atomic mass is 10.0. The molecule has 21 heavy (non-hydrogen) atoms. The van der Waals surface area contributed by atoms with Gasteiger partial charge in [-0.05, 0) is 24.6 Å². The standard InChI is InChI=1S/C18H17NO2/c1-2-10-19-14-6-4-3-5-12(14)17-15(19)8-7-13-16(20)9-11-21-18(13)17/h3-8H,2,9-11H2,1H3. The Morgan fingerprint density at radius 3 is 2.86 bits per heavy atom. The maximum absolute atomic E-state index is 12.1. The maximum Gasteiger partial charge on any atom is 0.170 e. The Kier molecular flexibility index (Phi) is 2.74. The second-order valence-electron chi connectivity index (χ2n) is 5.53. The van der Waals surface area contributed by atoms with E-state index in [1.54, 1.807) is 0 Å². The van der Waals surface area contributed by atoms with E-state index < -0.39 is 0 Å². The predicted molar refractivity (Wildman–Crippen MR) is 84.2 cm³/mol. The number of ketones is 1. The minimum Gasteiger partial charge on any atom is -0.492 e. The van der Waals surface area contributed by atoms with E-state index in [2.05, 4.69) is 35.8 Å². The minimum atomic E-state index is 0.186. The lowest BCUT2D eigenvalue weighted by Gasteiger charge is -2.17. The van der Waals surface area contributed by atoms with Gasteiger partial charge in [0.25, 0.3) is 0 Å². The van der Waals surface area contributed by atoms with Crippen molar-refractivity contribution in [3.8, 4) is 5.75 Å². The molecule has 4 rings (SSSR count). The van der Waals surface area contributed by atoms with Gasteiger partial charge in [0.2, 0.25) is 0 Å². The summed E-state index contributed by atoms with van der Waals surface area (Å²) >= 11 is 0. The van der Waals surface area contributed by atoms with E-state index in [-0.39, 0.29) is 5.78 Å². The second-order valence-corrected chi connectivity index (χ2v) is 5.53. The van der Waals surface area contributed by atoms with Gasteiger partial charge < -0.3 is 9.30 Å². The molecule has 2 heterocycles. The van der Waals surface area contributed by atoms with E-state index in [0.29, 0.717) is 13.0 Å². The number of aryl methyl sites for hydroxylation is 1. The Balaban J connectivity index is 2.17. The predicted octanol–water partition coefficient (Wildman–Crippen LogP) is 4.17. The number of Topliss-reactive ketones (excluding diaryl/α,β-unsaturated/α-hetero) is 1. The summed E-state index contributed by atoms with van der Waals surface area (Å²) in [5.41, 5.74) is 3.10. The lowest BCUT2D eigenvalue weighted by molar-refractivity contribution is 0.0935. The smallest absolute Gasteiger partial charge is 0.170 e. The third kappa shape index (κ3) is 1.70. The molecule has 0 fully saturated rings. The highest BCUT2D eigenvalue weighted by atomic mass is 16.5. The number of para-hydroxylation sites is 1. The van der Waals surface area contributed by atoms with Crippen molar-refractivity contribution in [3.63, 3.8) is 0 Å². The molecule has 0 saturated heterocycles. The molecule has 3 nitrogen and oxygen atoms in total. The highest BCUT2D eigenvalue weighted by molar-refractivity contribution is 6.15. The van der Waals surface area contributed by atoms with Crippen LogP contribution in [-0.4, -0.2) is 17.0 Å². The van der Waals surface area contributed by atoms with Crippen LogP contribution in [0, 0.1) is 0 Å². The van der Waals surface area contributed by atoms with Gasteiger partial charge in [0, 0.05) is 23.9 Å². The third-order valence-electron chi connectivity index (χ3n) is 4.21. The molecule has 2 aromatic carbocycles. The van der Waals surface area contributed by atoms with Crippen molar-refractivity contribution in [3.05, 3.63) is 42.0 Å². The average molecular weight is 279 g/mol. The zero-order valence-electron chi connectivity index (χ0n) is 12.1. The van der Waals surface area contributed by atoms with Crippen LogP contribution in [0.3, 0.4) is 0 Å². The van der Waals surface area contributed by atoms with Crippen molar-refractivity contribution in [2.45, 2.75) is 26.3 Å². The molecule has 3 heteroatoms. The van der Waals surface area contributed by atoms with E-state index >= 15 is 0 Å². The summed E-state index contributed by atoms with van der Waals surface area (Å²) in [5, 5.41) is 2.26. The maximum atomic E-state index is 12.1. The summed E-state index contributed by atoms with van der Waals surface area (Å²) in [6.45, 7) is 3.63. The molecule has 3 aromatic rings. The fraction of sp³-hybridized carbons (Fsp3) is 0.278. The van der Waals surface area contributed by atoms with Gasteiger partial charge in [-0.15, -0.1) is 0 Å². The van der Waals surface area contributed by atoms with Gasteiger partial charge in [0.15, 0.2) is 5.78 Å². The fourth-order valence-electron chi connectivity index (χ4n) is 3.32. The van der Waals surface area contributed by atoms with Crippen LogP contribution in [0.4, 0.5) is 0 Å². The van der Waals surface area contributed by atoms with Crippen LogP contribution in [0.15, 0.2) is 36.4 Å². The lowest BCUT2D eigenvalue weighted by Crippen LogP contribution is -2.15. The number of carbonyl (C=O) groups excluding carboxylic acids is 1. The van der Waals surface area contributed by atoms with Gasteiger partial charge in [-0.2, -0.15) is 0 Å². The van der Waals surface area contributed by atoms with E-state index in [0.717, 1.165) is 35.2 Å². The monoisotopic (exact) mass is 279 g/mol. The Morgan fingerprint density at radius 2 is 2.00 bits per heavy atom. The molecule has 1 aliphatic heterocycles. The molecule has 0 N–H and O–H groups in total. The minimum absolute atomic E-state index is 0.186. The SMILES string of the molecule is CCCn1c2ccccc2c2c3c(ccc21)C(=O)CCO3. The summed E-state index contributed by atoms with van der Waals surface area (Å²) in [7, 11) is 0. The molecule has 0 radical (unpaired) electrons. The molecule has 0 unspecified atom stereocenters. The molecular formula is C18H17NO2. The molecule has 0 bridgehead atoms. The number of benzene rings is 2. The Morgan fingerprint density at radius 1 is 1.14 bits per heavy atom. The van der Waals surface area contributed by atoms with Crippen molar-refractivity contribution >= 4 is 27.6 Å². The molecule has 0 spiro atoms. The number of ether oxygens (including phenoxy) is 1. The highest BCUT2D eigenvalue weighted by Gasteiger charge is 2.23. The number of fused-ring (bicyclic) bond motifs is 5. The van der Waals surface area contributed by atoms with E-state index in [1.165, 1.54) is 10.9 Å². The number of rotatable bonds is 2. The van der Waals surface area contributed by atoms with Crippen LogP contribution >= 0.6 is 0 Å². The van der Waals surface area contributed by atoms with Gasteiger partial charge in [0.05, 0.1) is 23.1 Å². The summed E-state index contributed by atoms with van der Waals surface area (Å²) in [4.78, 5) is 12.1. The van der Waals surface area contributed by atoms with Gasteiger partial charge in [-0.3, -0.25) is 4.79 Å². The number of carbonyl (C=O) groups is 1. The molecule has 1 aliphatic rings. The number of hydrogen-bond acceptors (Lipinski definition) is 2. The van der Waals surface area contributed by atoms with Gasteiger partial charge in [-0.1, -0.05) is 25.1 Å².